The van der Waals surface area contributed by atoms with Crippen molar-refractivity contribution in [3.05, 3.63) is 28.8 Å². The van der Waals surface area contributed by atoms with Crippen LogP contribution in [0.4, 0.5) is 0 Å². The number of carbonyl (C=O) groups is 1. The Balaban J connectivity index is 1.71. The molecule has 0 saturated carbocycles. The van der Waals surface area contributed by atoms with Gasteiger partial charge in [0.2, 0.25) is 0 Å². The number of carbonyl (C=O) groups excluding carboxylic acids is 1. The Morgan fingerprint density at radius 3 is 3.00 bits per heavy atom. The van der Waals surface area contributed by atoms with Crippen molar-refractivity contribution in [3.8, 4) is 5.75 Å². The fourth-order valence-electron chi connectivity index (χ4n) is 3.19. The average Bonchev–Trinajstić information content (AvgIpc) is 2.94. The zero-order chi connectivity index (χ0) is 13.4. The van der Waals surface area contributed by atoms with Crippen LogP contribution in [0.15, 0.2) is 18.2 Å². The average molecular weight is 281 g/mol. The van der Waals surface area contributed by atoms with E-state index in [2.05, 4.69) is 10.2 Å². The Hall–Kier alpha value is -1.26. The lowest BCUT2D eigenvalue weighted by Crippen LogP contribution is -2.42. The molecule has 1 aromatic rings. The molecule has 5 heteroatoms. The number of hydrogen-bond acceptors (Lipinski definition) is 3. The molecular weight excluding hydrogens is 264 g/mol. The lowest BCUT2D eigenvalue weighted by molar-refractivity contribution is 0.0927. The highest BCUT2D eigenvalue weighted by Crippen LogP contribution is 2.29. The maximum Gasteiger partial charge on any atom is 0.255 e. The number of hydrogen-bond donors (Lipinski definition) is 2. The van der Waals surface area contributed by atoms with Crippen LogP contribution in [0, 0.1) is 0 Å². The molecule has 2 heterocycles. The number of phenols is 1. The topological polar surface area (TPSA) is 52.6 Å². The van der Waals surface area contributed by atoms with Crippen LogP contribution in [-0.4, -0.2) is 41.1 Å². The van der Waals surface area contributed by atoms with Crippen LogP contribution in [0.5, 0.6) is 5.75 Å². The minimum Gasteiger partial charge on any atom is -0.507 e. The van der Waals surface area contributed by atoms with Crippen molar-refractivity contribution in [2.45, 2.75) is 31.3 Å². The molecule has 0 aliphatic carbocycles. The fourth-order valence-corrected chi connectivity index (χ4v) is 3.36. The predicted molar refractivity (Wildman–Crippen MR) is 73.6 cm³/mol. The smallest absolute Gasteiger partial charge is 0.255 e. The molecule has 19 heavy (non-hydrogen) atoms. The third-order valence-electron chi connectivity index (χ3n) is 4.13. The van der Waals surface area contributed by atoms with Gasteiger partial charge in [-0.05, 0) is 44.0 Å². The predicted octanol–water partition coefficient (Wildman–Crippen LogP) is 2.01. The molecule has 4 nitrogen and oxygen atoms in total. The highest BCUT2D eigenvalue weighted by Gasteiger charge is 2.38. The van der Waals surface area contributed by atoms with E-state index in [1.54, 1.807) is 12.1 Å². The minimum atomic E-state index is -0.215. The normalized spacial score (nSPS) is 26.4. The lowest BCUT2D eigenvalue weighted by atomic mass is 10.1. The highest BCUT2D eigenvalue weighted by atomic mass is 35.5. The number of halogens is 1. The summed E-state index contributed by atoms with van der Waals surface area (Å²) in [6.45, 7) is 2.20. The van der Waals surface area contributed by atoms with Gasteiger partial charge in [0.25, 0.3) is 5.91 Å². The molecular formula is C14H17ClN2O2. The van der Waals surface area contributed by atoms with Gasteiger partial charge in [0, 0.05) is 23.7 Å². The van der Waals surface area contributed by atoms with Crippen molar-refractivity contribution in [3.63, 3.8) is 0 Å². The standard InChI is InChI=1S/C14H17ClN2O2/c15-9-3-4-10(13(18)8-9)14(19)16-11-5-7-17-6-1-2-12(11)17/h3-4,8,11-12,18H,1-2,5-7H2,(H,16,19). The van der Waals surface area contributed by atoms with Gasteiger partial charge in [0.15, 0.2) is 0 Å². The monoisotopic (exact) mass is 280 g/mol. The second kappa shape index (κ2) is 5.02. The number of benzene rings is 1. The molecule has 102 valence electrons. The van der Waals surface area contributed by atoms with Crippen molar-refractivity contribution < 1.29 is 9.90 Å². The zero-order valence-electron chi connectivity index (χ0n) is 10.6. The van der Waals surface area contributed by atoms with E-state index in [-0.39, 0.29) is 17.7 Å². The van der Waals surface area contributed by atoms with E-state index in [4.69, 9.17) is 11.6 Å². The maximum atomic E-state index is 12.2. The molecule has 0 bridgehead atoms. The SMILES string of the molecule is O=C(NC1CCN2CCCC12)c1ccc(Cl)cc1O. The largest absolute Gasteiger partial charge is 0.507 e. The van der Waals surface area contributed by atoms with Crippen molar-refractivity contribution >= 4 is 17.5 Å². The van der Waals surface area contributed by atoms with Crippen LogP contribution in [-0.2, 0) is 0 Å². The van der Waals surface area contributed by atoms with E-state index in [0.29, 0.717) is 16.6 Å². The van der Waals surface area contributed by atoms with Gasteiger partial charge in [-0.1, -0.05) is 11.6 Å². The van der Waals surface area contributed by atoms with E-state index in [0.717, 1.165) is 25.9 Å². The van der Waals surface area contributed by atoms with Gasteiger partial charge >= 0.3 is 0 Å². The summed E-state index contributed by atoms with van der Waals surface area (Å²) >= 11 is 5.77. The van der Waals surface area contributed by atoms with Gasteiger partial charge in [-0.25, -0.2) is 0 Å². The Morgan fingerprint density at radius 2 is 2.21 bits per heavy atom. The molecule has 2 aliphatic rings. The molecule has 2 unspecified atom stereocenters. The van der Waals surface area contributed by atoms with Crippen LogP contribution >= 0.6 is 11.6 Å². The number of rotatable bonds is 2. The third-order valence-corrected chi connectivity index (χ3v) is 4.36. The number of fused-ring (bicyclic) bond motifs is 1. The molecule has 1 amide bonds. The van der Waals surface area contributed by atoms with Crippen molar-refractivity contribution in [2.75, 3.05) is 13.1 Å². The summed E-state index contributed by atoms with van der Waals surface area (Å²) in [6.07, 6.45) is 3.35. The molecule has 2 N–H and O–H groups in total. The second-order valence-corrected chi connectivity index (χ2v) is 5.71. The summed E-state index contributed by atoms with van der Waals surface area (Å²) in [6, 6.07) is 5.25. The van der Waals surface area contributed by atoms with E-state index < -0.39 is 0 Å². The van der Waals surface area contributed by atoms with Gasteiger partial charge in [0.1, 0.15) is 5.75 Å². The van der Waals surface area contributed by atoms with E-state index >= 15 is 0 Å². The molecule has 2 atom stereocenters. The molecule has 0 radical (unpaired) electrons. The van der Waals surface area contributed by atoms with Gasteiger partial charge in [-0.3, -0.25) is 9.69 Å². The number of phenolic OH excluding ortho intramolecular Hbond substituents is 1. The molecule has 0 aromatic heterocycles. The molecule has 2 aliphatic heterocycles. The summed E-state index contributed by atoms with van der Waals surface area (Å²) in [5, 5.41) is 13.2. The van der Waals surface area contributed by atoms with Gasteiger partial charge < -0.3 is 10.4 Å². The van der Waals surface area contributed by atoms with Gasteiger partial charge in [0.05, 0.1) is 5.56 Å². The van der Waals surface area contributed by atoms with Crippen molar-refractivity contribution in [2.24, 2.45) is 0 Å². The quantitative estimate of drug-likeness (QED) is 0.871. The number of nitrogens with zero attached hydrogens (tertiary/aromatic N) is 1. The first kappa shape index (κ1) is 12.8. The zero-order valence-corrected chi connectivity index (χ0v) is 11.4. The first-order valence-electron chi connectivity index (χ1n) is 6.68. The Labute approximate surface area is 117 Å². The van der Waals surface area contributed by atoms with Crippen LogP contribution in [0.1, 0.15) is 29.6 Å². The van der Waals surface area contributed by atoms with Crippen LogP contribution < -0.4 is 5.32 Å². The third kappa shape index (κ3) is 2.42. The molecule has 2 saturated heterocycles. The highest BCUT2D eigenvalue weighted by molar-refractivity contribution is 6.30. The summed E-state index contributed by atoms with van der Waals surface area (Å²) < 4.78 is 0. The van der Waals surface area contributed by atoms with Gasteiger partial charge in [-0.15, -0.1) is 0 Å². The van der Waals surface area contributed by atoms with Crippen molar-refractivity contribution in [1.82, 2.24) is 10.2 Å². The molecule has 2 fully saturated rings. The molecule has 3 rings (SSSR count). The van der Waals surface area contributed by atoms with E-state index in [1.807, 2.05) is 0 Å². The number of nitrogens with one attached hydrogen (secondary N) is 1. The Kier molecular flexibility index (Phi) is 3.37. The lowest BCUT2D eigenvalue weighted by Gasteiger charge is -2.21. The first-order valence-corrected chi connectivity index (χ1v) is 7.06. The number of amides is 1. The molecule has 0 spiro atoms. The van der Waals surface area contributed by atoms with Crippen LogP contribution in [0.25, 0.3) is 0 Å². The Morgan fingerprint density at radius 1 is 1.37 bits per heavy atom. The van der Waals surface area contributed by atoms with Crippen molar-refractivity contribution in [1.29, 1.82) is 0 Å². The summed E-state index contributed by atoms with van der Waals surface area (Å²) in [5.74, 6) is -0.279. The maximum absolute atomic E-state index is 12.2. The summed E-state index contributed by atoms with van der Waals surface area (Å²) in [4.78, 5) is 14.6. The van der Waals surface area contributed by atoms with Gasteiger partial charge in [-0.2, -0.15) is 0 Å². The fraction of sp³-hybridized carbons (Fsp3) is 0.500. The van der Waals surface area contributed by atoms with E-state index in [9.17, 15) is 9.90 Å². The summed E-state index contributed by atoms with van der Waals surface area (Å²) in [5.41, 5.74) is 0.292. The van der Waals surface area contributed by atoms with Crippen LogP contribution in [0.3, 0.4) is 0 Å². The summed E-state index contributed by atoms with van der Waals surface area (Å²) in [7, 11) is 0. The second-order valence-electron chi connectivity index (χ2n) is 5.28. The molecule has 1 aromatic carbocycles. The first-order chi connectivity index (χ1) is 9.15. The minimum absolute atomic E-state index is 0.0636. The Bertz CT molecular complexity index is 506. The van der Waals surface area contributed by atoms with E-state index in [1.165, 1.54) is 12.5 Å². The number of aromatic hydroxyl groups is 1. The van der Waals surface area contributed by atoms with Crippen LogP contribution in [0.2, 0.25) is 5.02 Å².